The van der Waals surface area contributed by atoms with Crippen LogP contribution in [0, 0.1) is 12.8 Å². The lowest BCUT2D eigenvalue weighted by molar-refractivity contribution is 0.0921. The van der Waals surface area contributed by atoms with E-state index in [1.807, 2.05) is 6.92 Å². The molecule has 1 saturated carbocycles. The molecule has 1 heterocycles. The third-order valence-electron chi connectivity index (χ3n) is 4.08. The Kier molecular flexibility index (Phi) is 4.82. The molecule has 1 amide bonds. The van der Waals surface area contributed by atoms with Crippen molar-refractivity contribution < 1.29 is 10.0 Å². The van der Waals surface area contributed by atoms with Crippen LogP contribution in [0.25, 0.3) is 0 Å². The fourth-order valence-corrected chi connectivity index (χ4v) is 3.00. The molecule has 1 aromatic rings. The summed E-state index contributed by atoms with van der Waals surface area (Å²) in [7, 11) is 1.72. The summed E-state index contributed by atoms with van der Waals surface area (Å²) in [6.07, 6.45) is 5.38. The molecule has 1 aliphatic carbocycles. The molecule has 1 atom stereocenters. The normalized spacial score (nSPS) is 18.5. The highest BCUT2D eigenvalue weighted by molar-refractivity contribution is 5.97. The molecule has 0 aromatic carbocycles. The predicted molar refractivity (Wildman–Crippen MR) is 79.2 cm³/mol. The standard InChI is InChI=1S/C14H23N5O2/c1-9-8-11(19(2)17-9)14(20)16-12(13(15)18-21)10-6-4-3-5-7-10/h8,10,12,21H,3-7H2,1-2H3,(H2,15,18)(H,16,20). The van der Waals surface area contributed by atoms with Gasteiger partial charge in [-0.05, 0) is 31.7 Å². The predicted octanol–water partition coefficient (Wildman–Crippen LogP) is 1.15. The van der Waals surface area contributed by atoms with Crippen molar-refractivity contribution in [2.75, 3.05) is 0 Å². The number of carbonyl (C=O) groups excluding carboxylic acids is 1. The molecular weight excluding hydrogens is 270 g/mol. The molecule has 0 aliphatic heterocycles. The van der Waals surface area contributed by atoms with E-state index in [0.717, 1.165) is 31.4 Å². The van der Waals surface area contributed by atoms with Gasteiger partial charge in [0.2, 0.25) is 0 Å². The maximum absolute atomic E-state index is 12.4. The van der Waals surface area contributed by atoms with E-state index >= 15 is 0 Å². The number of amides is 1. The van der Waals surface area contributed by atoms with Gasteiger partial charge in [-0.25, -0.2) is 0 Å². The van der Waals surface area contributed by atoms with E-state index in [1.54, 1.807) is 13.1 Å². The van der Waals surface area contributed by atoms with Crippen molar-refractivity contribution in [1.29, 1.82) is 0 Å². The van der Waals surface area contributed by atoms with Gasteiger partial charge in [-0.3, -0.25) is 9.48 Å². The number of nitrogens with two attached hydrogens (primary N) is 1. The molecule has 1 unspecified atom stereocenters. The first-order valence-corrected chi connectivity index (χ1v) is 7.32. The zero-order chi connectivity index (χ0) is 15.4. The average Bonchev–Trinajstić information content (AvgIpc) is 2.83. The summed E-state index contributed by atoms with van der Waals surface area (Å²) < 4.78 is 1.54. The molecule has 0 radical (unpaired) electrons. The van der Waals surface area contributed by atoms with Crippen LogP contribution < -0.4 is 11.1 Å². The van der Waals surface area contributed by atoms with E-state index in [4.69, 9.17) is 10.9 Å². The van der Waals surface area contributed by atoms with E-state index in [-0.39, 0.29) is 17.7 Å². The molecule has 7 nitrogen and oxygen atoms in total. The lowest BCUT2D eigenvalue weighted by atomic mass is 9.83. The van der Waals surface area contributed by atoms with Crippen molar-refractivity contribution in [3.8, 4) is 0 Å². The Hall–Kier alpha value is -2.05. The van der Waals surface area contributed by atoms with Gasteiger partial charge in [0, 0.05) is 7.05 Å². The second-order valence-corrected chi connectivity index (χ2v) is 5.67. The van der Waals surface area contributed by atoms with Crippen LogP contribution in [0.15, 0.2) is 11.2 Å². The Morgan fingerprint density at radius 3 is 2.71 bits per heavy atom. The van der Waals surface area contributed by atoms with E-state index in [1.165, 1.54) is 11.1 Å². The van der Waals surface area contributed by atoms with Gasteiger partial charge in [0.1, 0.15) is 5.69 Å². The maximum atomic E-state index is 12.4. The van der Waals surface area contributed by atoms with Gasteiger partial charge >= 0.3 is 0 Å². The quantitative estimate of drug-likeness (QED) is 0.335. The third kappa shape index (κ3) is 3.53. The molecule has 21 heavy (non-hydrogen) atoms. The largest absolute Gasteiger partial charge is 0.409 e. The second-order valence-electron chi connectivity index (χ2n) is 5.67. The van der Waals surface area contributed by atoms with Gasteiger partial charge < -0.3 is 16.3 Å². The molecule has 116 valence electrons. The number of hydrogen-bond donors (Lipinski definition) is 3. The Morgan fingerprint density at radius 2 is 2.19 bits per heavy atom. The van der Waals surface area contributed by atoms with Crippen molar-refractivity contribution in [3.05, 3.63) is 17.5 Å². The van der Waals surface area contributed by atoms with Crippen molar-refractivity contribution in [3.63, 3.8) is 0 Å². The van der Waals surface area contributed by atoms with Gasteiger partial charge in [-0.2, -0.15) is 5.10 Å². The van der Waals surface area contributed by atoms with Crippen LogP contribution >= 0.6 is 0 Å². The van der Waals surface area contributed by atoms with Gasteiger partial charge in [-0.15, -0.1) is 0 Å². The van der Waals surface area contributed by atoms with Crippen LogP contribution in [-0.4, -0.2) is 32.8 Å². The fourth-order valence-electron chi connectivity index (χ4n) is 3.00. The Morgan fingerprint density at radius 1 is 1.52 bits per heavy atom. The summed E-state index contributed by atoms with van der Waals surface area (Å²) in [5.74, 6) is 0.0299. The highest BCUT2D eigenvalue weighted by atomic mass is 16.4. The monoisotopic (exact) mass is 293 g/mol. The molecule has 0 spiro atoms. The van der Waals surface area contributed by atoms with Crippen LogP contribution in [0.3, 0.4) is 0 Å². The average molecular weight is 293 g/mol. The topological polar surface area (TPSA) is 106 Å². The van der Waals surface area contributed by atoms with Gasteiger partial charge in [0.15, 0.2) is 5.84 Å². The Labute approximate surface area is 124 Å². The minimum Gasteiger partial charge on any atom is -0.409 e. The van der Waals surface area contributed by atoms with Crippen molar-refractivity contribution >= 4 is 11.7 Å². The SMILES string of the molecule is Cc1cc(C(=O)NC(C(N)=NO)C2CCCCC2)n(C)n1. The summed E-state index contributed by atoms with van der Waals surface area (Å²) in [5, 5.41) is 19.1. The number of hydrogen-bond acceptors (Lipinski definition) is 4. The maximum Gasteiger partial charge on any atom is 0.270 e. The summed E-state index contributed by atoms with van der Waals surface area (Å²) in [4.78, 5) is 12.4. The van der Waals surface area contributed by atoms with Crippen molar-refractivity contribution in [2.24, 2.45) is 23.9 Å². The van der Waals surface area contributed by atoms with Gasteiger partial charge in [0.05, 0.1) is 11.7 Å². The first-order chi connectivity index (χ1) is 10.0. The highest BCUT2D eigenvalue weighted by Gasteiger charge is 2.29. The summed E-state index contributed by atoms with van der Waals surface area (Å²) in [6.45, 7) is 1.83. The lowest BCUT2D eigenvalue weighted by Crippen LogP contribution is -2.50. The summed E-state index contributed by atoms with van der Waals surface area (Å²) in [6, 6.07) is 1.29. The zero-order valence-electron chi connectivity index (χ0n) is 12.5. The molecule has 1 aromatic heterocycles. The number of carbonyl (C=O) groups is 1. The number of rotatable bonds is 4. The first kappa shape index (κ1) is 15.3. The zero-order valence-corrected chi connectivity index (χ0v) is 12.5. The van der Waals surface area contributed by atoms with E-state index in [0.29, 0.717) is 5.69 Å². The second kappa shape index (κ2) is 6.60. The van der Waals surface area contributed by atoms with Crippen molar-refractivity contribution in [1.82, 2.24) is 15.1 Å². The van der Waals surface area contributed by atoms with E-state index < -0.39 is 6.04 Å². The highest BCUT2D eigenvalue weighted by Crippen LogP contribution is 2.26. The first-order valence-electron chi connectivity index (χ1n) is 7.32. The molecular formula is C14H23N5O2. The Bertz CT molecular complexity index is 531. The van der Waals surface area contributed by atoms with Crippen LogP contribution in [-0.2, 0) is 7.05 Å². The number of aromatic nitrogens is 2. The van der Waals surface area contributed by atoms with Crippen LogP contribution in [0.1, 0.15) is 48.3 Å². The summed E-state index contributed by atoms with van der Waals surface area (Å²) in [5.41, 5.74) is 7.03. The fraction of sp³-hybridized carbons (Fsp3) is 0.643. The van der Waals surface area contributed by atoms with E-state index in [9.17, 15) is 4.79 Å². The van der Waals surface area contributed by atoms with Gasteiger partial charge in [0.25, 0.3) is 5.91 Å². The Balaban J connectivity index is 2.14. The lowest BCUT2D eigenvalue weighted by Gasteiger charge is -2.29. The van der Waals surface area contributed by atoms with Gasteiger partial charge in [-0.1, -0.05) is 24.4 Å². The van der Waals surface area contributed by atoms with Crippen molar-refractivity contribution in [2.45, 2.75) is 45.1 Å². The summed E-state index contributed by atoms with van der Waals surface area (Å²) >= 11 is 0. The number of nitrogens with zero attached hydrogens (tertiary/aromatic N) is 3. The van der Waals surface area contributed by atoms with Crippen LogP contribution in [0.4, 0.5) is 0 Å². The molecule has 1 fully saturated rings. The minimum absolute atomic E-state index is 0.0640. The molecule has 0 bridgehead atoms. The number of nitrogens with one attached hydrogen (secondary N) is 1. The molecule has 4 N–H and O–H groups in total. The van der Waals surface area contributed by atoms with E-state index in [2.05, 4.69) is 15.6 Å². The number of amidine groups is 1. The third-order valence-corrected chi connectivity index (χ3v) is 4.08. The van der Waals surface area contributed by atoms with Crippen LogP contribution in [0.5, 0.6) is 0 Å². The smallest absolute Gasteiger partial charge is 0.270 e. The number of aryl methyl sites for hydroxylation is 2. The number of oxime groups is 1. The molecule has 0 saturated heterocycles. The van der Waals surface area contributed by atoms with Crippen LogP contribution in [0.2, 0.25) is 0 Å². The molecule has 1 aliphatic rings. The molecule has 2 rings (SSSR count). The minimum atomic E-state index is -0.432. The molecule has 7 heteroatoms.